The normalized spacial score (nSPS) is 17.5. The molecule has 0 unspecified atom stereocenters. The third-order valence-corrected chi connectivity index (χ3v) is 3.26. The van der Waals surface area contributed by atoms with Gasteiger partial charge in [0.15, 0.2) is 0 Å². The van der Waals surface area contributed by atoms with Gasteiger partial charge in [-0.1, -0.05) is 17.7 Å². The Morgan fingerprint density at radius 3 is 2.82 bits per heavy atom. The Labute approximate surface area is 106 Å². The Bertz CT molecular complexity index is 427. The lowest BCUT2D eigenvalue weighted by Crippen LogP contribution is -2.59. The van der Waals surface area contributed by atoms with Crippen LogP contribution in [0.3, 0.4) is 0 Å². The van der Waals surface area contributed by atoms with E-state index in [4.69, 9.17) is 16.3 Å². The standard InChI is InChI=1S/C13H16ClNO2/c1-3-17-12(16)13(2)8-15(9-13)11-6-4-5-10(14)7-11/h4-7H,3,8-9H2,1-2H3. The molecule has 0 amide bonds. The summed E-state index contributed by atoms with van der Waals surface area (Å²) in [5, 5.41) is 0.715. The number of ether oxygens (including phenoxy) is 1. The molecule has 1 fully saturated rings. The topological polar surface area (TPSA) is 29.5 Å². The van der Waals surface area contributed by atoms with Crippen LogP contribution in [-0.2, 0) is 9.53 Å². The molecule has 0 aromatic heterocycles. The minimum atomic E-state index is -0.377. The van der Waals surface area contributed by atoms with Gasteiger partial charge in [-0.3, -0.25) is 4.79 Å². The predicted octanol–water partition coefficient (Wildman–Crippen LogP) is 2.73. The lowest BCUT2D eigenvalue weighted by molar-refractivity contribution is -0.155. The smallest absolute Gasteiger partial charge is 0.315 e. The van der Waals surface area contributed by atoms with Gasteiger partial charge in [0.2, 0.25) is 0 Å². The van der Waals surface area contributed by atoms with E-state index < -0.39 is 0 Å². The summed E-state index contributed by atoms with van der Waals surface area (Å²) in [6, 6.07) is 7.66. The zero-order valence-electron chi connectivity index (χ0n) is 10.1. The maximum atomic E-state index is 11.7. The second kappa shape index (κ2) is 4.57. The van der Waals surface area contributed by atoms with E-state index in [1.54, 1.807) is 0 Å². The molecule has 1 aromatic rings. The first-order chi connectivity index (χ1) is 8.05. The molecule has 0 saturated carbocycles. The molecule has 2 rings (SSSR count). The lowest BCUT2D eigenvalue weighted by atomic mass is 9.81. The Hall–Kier alpha value is -1.22. The van der Waals surface area contributed by atoms with Crippen molar-refractivity contribution in [3.63, 3.8) is 0 Å². The number of halogens is 1. The summed E-state index contributed by atoms with van der Waals surface area (Å²) < 4.78 is 5.07. The molecular formula is C13H16ClNO2. The summed E-state index contributed by atoms with van der Waals surface area (Å²) in [7, 11) is 0. The summed E-state index contributed by atoms with van der Waals surface area (Å²) in [5.74, 6) is -0.113. The molecule has 92 valence electrons. The first-order valence-electron chi connectivity index (χ1n) is 5.73. The first-order valence-corrected chi connectivity index (χ1v) is 6.11. The van der Waals surface area contributed by atoms with E-state index >= 15 is 0 Å². The summed E-state index contributed by atoms with van der Waals surface area (Å²) in [4.78, 5) is 13.8. The van der Waals surface area contributed by atoms with Crippen LogP contribution in [0.15, 0.2) is 24.3 Å². The molecule has 1 saturated heterocycles. The third-order valence-electron chi connectivity index (χ3n) is 3.02. The van der Waals surface area contributed by atoms with Crippen molar-refractivity contribution in [1.82, 2.24) is 0 Å². The van der Waals surface area contributed by atoms with E-state index in [1.165, 1.54) is 0 Å². The Balaban J connectivity index is 2.00. The monoisotopic (exact) mass is 253 g/mol. The highest BCUT2D eigenvalue weighted by Crippen LogP contribution is 2.35. The van der Waals surface area contributed by atoms with Crippen molar-refractivity contribution in [2.24, 2.45) is 5.41 Å². The fourth-order valence-electron chi connectivity index (χ4n) is 2.09. The minimum absolute atomic E-state index is 0.113. The number of carbonyl (C=O) groups excluding carboxylic acids is 1. The highest BCUT2D eigenvalue weighted by atomic mass is 35.5. The van der Waals surface area contributed by atoms with E-state index in [2.05, 4.69) is 4.90 Å². The SMILES string of the molecule is CCOC(=O)C1(C)CN(c2cccc(Cl)c2)C1. The number of anilines is 1. The van der Waals surface area contributed by atoms with Crippen LogP contribution in [0.2, 0.25) is 5.02 Å². The summed E-state index contributed by atoms with van der Waals surface area (Å²) in [6.45, 7) is 5.57. The van der Waals surface area contributed by atoms with Gasteiger partial charge in [0.05, 0.1) is 12.0 Å². The number of esters is 1. The molecule has 0 atom stereocenters. The van der Waals surface area contributed by atoms with Gasteiger partial charge in [0, 0.05) is 23.8 Å². The van der Waals surface area contributed by atoms with Gasteiger partial charge in [-0.15, -0.1) is 0 Å². The summed E-state index contributed by atoms with van der Waals surface area (Å²) >= 11 is 5.94. The van der Waals surface area contributed by atoms with Crippen molar-refractivity contribution in [2.75, 3.05) is 24.6 Å². The summed E-state index contributed by atoms with van der Waals surface area (Å²) in [6.07, 6.45) is 0. The fraction of sp³-hybridized carbons (Fsp3) is 0.462. The molecule has 4 heteroatoms. The fourth-order valence-corrected chi connectivity index (χ4v) is 2.27. The van der Waals surface area contributed by atoms with Crippen molar-refractivity contribution < 1.29 is 9.53 Å². The molecular weight excluding hydrogens is 238 g/mol. The molecule has 1 aromatic carbocycles. The van der Waals surface area contributed by atoms with E-state index in [9.17, 15) is 4.79 Å². The molecule has 3 nitrogen and oxygen atoms in total. The van der Waals surface area contributed by atoms with E-state index in [0.29, 0.717) is 24.7 Å². The van der Waals surface area contributed by atoms with Gasteiger partial charge in [-0.05, 0) is 32.0 Å². The highest BCUT2D eigenvalue weighted by Gasteiger charge is 2.46. The number of hydrogen-bond acceptors (Lipinski definition) is 3. The van der Waals surface area contributed by atoms with E-state index in [1.807, 2.05) is 38.1 Å². The number of carbonyl (C=O) groups is 1. The average Bonchev–Trinajstić information content (AvgIpc) is 2.25. The van der Waals surface area contributed by atoms with E-state index in [-0.39, 0.29) is 11.4 Å². The quantitative estimate of drug-likeness (QED) is 0.776. The molecule has 1 aliphatic heterocycles. The highest BCUT2D eigenvalue weighted by molar-refractivity contribution is 6.30. The van der Waals surface area contributed by atoms with Crippen LogP contribution in [-0.4, -0.2) is 25.7 Å². The van der Waals surface area contributed by atoms with Gasteiger partial charge < -0.3 is 9.64 Å². The zero-order valence-corrected chi connectivity index (χ0v) is 10.8. The summed E-state index contributed by atoms with van der Waals surface area (Å²) in [5.41, 5.74) is 0.678. The van der Waals surface area contributed by atoms with Gasteiger partial charge in [-0.2, -0.15) is 0 Å². The second-order valence-corrected chi connectivity index (χ2v) is 5.05. The zero-order chi connectivity index (χ0) is 12.5. The number of nitrogens with zero attached hydrogens (tertiary/aromatic N) is 1. The van der Waals surface area contributed by atoms with Crippen molar-refractivity contribution in [3.05, 3.63) is 29.3 Å². The first kappa shape index (κ1) is 12.2. The van der Waals surface area contributed by atoms with Crippen LogP contribution in [0.4, 0.5) is 5.69 Å². The molecule has 17 heavy (non-hydrogen) atoms. The van der Waals surface area contributed by atoms with Crippen LogP contribution >= 0.6 is 11.6 Å². The maximum absolute atomic E-state index is 11.7. The number of benzene rings is 1. The lowest BCUT2D eigenvalue weighted by Gasteiger charge is -2.47. The van der Waals surface area contributed by atoms with Crippen LogP contribution < -0.4 is 4.90 Å². The van der Waals surface area contributed by atoms with Crippen LogP contribution in [0, 0.1) is 5.41 Å². The predicted molar refractivity (Wildman–Crippen MR) is 68.4 cm³/mol. The van der Waals surface area contributed by atoms with Crippen LogP contribution in [0.5, 0.6) is 0 Å². The molecule has 1 aliphatic rings. The van der Waals surface area contributed by atoms with E-state index in [0.717, 1.165) is 5.69 Å². The number of rotatable bonds is 3. The second-order valence-electron chi connectivity index (χ2n) is 4.62. The molecule has 0 aliphatic carbocycles. The molecule has 0 bridgehead atoms. The van der Waals surface area contributed by atoms with Crippen LogP contribution in [0.1, 0.15) is 13.8 Å². The minimum Gasteiger partial charge on any atom is -0.465 e. The average molecular weight is 254 g/mol. The third kappa shape index (κ3) is 2.39. The molecule has 0 radical (unpaired) electrons. The largest absolute Gasteiger partial charge is 0.465 e. The van der Waals surface area contributed by atoms with Crippen molar-refractivity contribution in [3.8, 4) is 0 Å². The Kier molecular flexibility index (Phi) is 3.29. The van der Waals surface area contributed by atoms with Gasteiger partial charge in [-0.25, -0.2) is 0 Å². The number of hydrogen-bond donors (Lipinski definition) is 0. The van der Waals surface area contributed by atoms with Gasteiger partial charge in [0.25, 0.3) is 0 Å². The Morgan fingerprint density at radius 2 is 2.24 bits per heavy atom. The van der Waals surface area contributed by atoms with Crippen molar-refractivity contribution in [1.29, 1.82) is 0 Å². The van der Waals surface area contributed by atoms with Gasteiger partial charge in [0.1, 0.15) is 0 Å². The van der Waals surface area contributed by atoms with Gasteiger partial charge >= 0.3 is 5.97 Å². The molecule has 0 spiro atoms. The van der Waals surface area contributed by atoms with Crippen molar-refractivity contribution >= 4 is 23.3 Å². The molecule has 0 N–H and O–H groups in total. The maximum Gasteiger partial charge on any atom is 0.315 e. The van der Waals surface area contributed by atoms with Crippen LogP contribution in [0.25, 0.3) is 0 Å². The Morgan fingerprint density at radius 1 is 1.53 bits per heavy atom. The van der Waals surface area contributed by atoms with Crippen molar-refractivity contribution in [2.45, 2.75) is 13.8 Å². The molecule has 1 heterocycles.